The monoisotopic (exact) mass is 758 g/mol. The summed E-state index contributed by atoms with van der Waals surface area (Å²) in [6.45, 7) is 26.3. The van der Waals surface area contributed by atoms with E-state index in [1.807, 2.05) is 0 Å². The Morgan fingerprint density at radius 2 is 0.414 bits per heavy atom. The normalized spacial score (nSPS) is 11.4. The lowest BCUT2D eigenvalue weighted by atomic mass is 9.89. The molecule has 0 saturated carbocycles. The van der Waals surface area contributed by atoms with Crippen LogP contribution in [-0.4, -0.2) is 0 Å². The molecule has 0 unspecified atom stereocenters. The molecule has 290 valence electrons. The van der Waals surface area contributed by atoms with Crippen molar-refractivity contribution in [3.05, 3.63) is 176 Å². The molecule has 0 N–H and O–H groups in total. The summed E-state index contributed by atoms with van der Waals surface area (Å²) in [4.78, 5) is 0. The summed E-state index contributed by atoms with van der Waals surface area (Å²) in [7, 11) is 0. The Labute approximate surface area is 345 Å². The first-order chi connectivity index (χ1) is 27.7. The summed E-state index contributed by atoms with van der Waals surface area (Å²) in [5, 5.41) is 0. The molecule has 0 radical (unpaired) electrons. The molecule has 2 heterocycles. The van der Waals surface area contributed by atoms with E-state index in [4.69, 9.17) is 8.83 Å². The molecule has 0 saturated heterocycles. The summed E-state index contributed by atoms with van der Waals surface area (Å²) in [5.41, 5.74) is 27.0. The largest absolute Gasteiger partial charge is 0.456 e. The topological polar surface area (TPSA) is 26.3 Å². The molecule has 0 amide bonds. The van der Waals surface area contributed by atoms with Gasteiger partial charge in [-0.05, 0) is 221 Å². The molecule has 0 aliphatic rings. The van der Waals surface area contributed by atoms with E-state index < -0.39 is 0 Å². The SMILES string of the molecule is Cc1ccc(C)c(-c2cc(C)c(-c3ccc(-c4cc(C)c(-c5cc(C)c(-c6ccc(-c7cc(C)c(-c8cc(C)ccc8C)cc7C)o6)cc5C)cc4C)o3)cc2C)c1. The van der Waals surface area contributed by atoms with Gasteiger partial charge < -0.3 is 8.83 Å². The zero-order valence-corrected chi connectivity index (χ0v) is 36.2. The number of furan rings is 2. The zero-order chi connectivity index (χ0) is 41.2. The first-order valence-corrected chi connectivity index (χ1v) is 20.5. The highest BCUT2D eigenvalue weighted by molar-refractivity contribution is 5.82. The second kappa shape index (κ2) is 15.0. The Morgan fingerprint density at radius 1 is 0.207 bits per heavy atom. The van der Waals surface area contributed by atoms with Gasteiger partial charge in [-0.1, -0.05) is 71.8 Å². The fourth-order valence-electron chi connectivity index (χ4n) is 8.79. The molecule has 58 heavy (non-hydrogen) atoms. The van der Waals surface area contributed by atoms with E-state index in [1.165, 1.54) is 100 Å². The van der Waals surface area contributed by atoms with Crippen molar-refractivity contribution in [2.45, 2.75) is 83.1 Å². The first kappa shape index (κ1) is 38.7. The number of benzene rings is 6. The fraction of sp³-hybridized carbons (Fsp3) is 0.214. The van der Waals surface area contributed by atoms with E-state index in [0.717, 1.165) is 45.3 Å². The van der Waals surface area contributed by atoms with Crippen LogP contribution in [0.15, 0.2) is 118 Å². The maximum Gasteiger partial charge on any atom is 0.135 e. The van der Waals surface area contributed by atoms with Gasteiger partial charge in [0.15, 0.2) is 0 Å². The van der Waals surface area contributed by atoms with Crippen molar-refractivity contribution in [2.24, 2.45) is 0 Å². The van der Waals surface area contributed by atoms with E-state index in [0.29, 0.717) is 0 Å². The first-order valence-electron chi connectivity index (χ1n) is 20.5. The second-order valence-corrected chi connectivity index (χ2v) is 16.9. The summed E-state index contributed by atoms with van der Waals surface area (Å²) in [5.74, 6) is 3.57. The fourth-order valence-corrected chi connectivity index (χ4v) is 8.79. The lowest BCUT2D eigenvalue weighted by Gasteiger charge is -2.16. The Morgan fingerprint density at radius 3 is 0.672 bits per heavy atom. The predicted molar refractivity (Wildman–Crippen MR) is 246 cm³/mol. The summed E-state index contributed by atoms with van der Waals surface area (Å²) in [6.07, 6.45) is 0. The molecule has 0 aliphatic carbocycles. The summed E-state index contributed by atoms with van der Waals surface area (Å²) in [6, 6.07) is 40.2. The van der Waals surface area contributed by atoms with Crippen LogP contribution < -0.4 is 0 Å². The van der Waals surface area contributed by atoms with Crippen LogP contribution in [0.2, 0.25) is 0 Å². The van der Waals surface area contributed by atoms with Gasteiger partial charge in [0.1, 0.15) is 23.0 Å². The van der Waals surface area contributed by atoms with Crippen molar-refractivity contribution in [1.82, 2.24) is 0 Å². The Bertz CT molecular complexity index is 2710. The molecule has 2 aromatic heterocycles. The minimum atomic E-state index is 0.889. The van der Waals surface area contributed by atoms with Crippen LogP contribution in [0.5, 0.6) is 0 Å². The highest BCUT2D eigenvalue weighted by Crippen LogP contribution is 2.41. The summed E-state index contributed by atoms with van der Waals surface area (Å²) < 4.78 is 13.3. The van der Waals surface area contributed by atoms with Gasteiger partial charge in [-0.2, -0.15) is 0 Å². The van der Waals surface area contributed by atoms with Gasteiger partial charge >= 0.3 is 0 Å². The molecule has 8 aromatic rings. The van der Waals surface area contributed by atoms with Crippen molar-refractivity contribution >= 4 is 0 Å². The van der Waals surface area contributed by atoms with E-state index in [9.17, 15) is 0 Å². The lowest BCUT2D eigenvalue weighted by molar-refractivity contribution is 0.596. The van der Waals surface area contributed by atoms with Gasteiger partial charge in [-0.15, -0.1) is 0 Å². The van der Waals surface area contributed by atoms with Crippen molar-refractivity contribution in [3.63, 3.8) is 0 Å². The number of hydrogen-bond donors (Lipinski definition) is 0. The maximum absolute atomic E-state index is 6.64. The van der Waals surface area contributed by atoms with Crippen LogP contribution in [0.4, 0.5) is 0 Å². The smallest absolute Gasteiger partial charge is 0.135 e. The molecule has 2 heteroatoms. The van der Waals surface area contributed by atoms with E-state index in [-0.39, 0.29) is 0 Å². The summed E-state index contributed by atoms with van der Waals surface area (Å²) >= 11 is 0. The highest BCUT2D eigenvalue weighted by Gasteiger charge is 2.19. The average Bonchev–Trinajstić information content (AvgIpc) is 3.88. The minimum absolute atomic E-state index is 0.889. The molecular formula is C56H54O2. The molecule has 6 aromatic carbocycles. The van der Waals surface area contributed by atoms with Crippen LogP contribution in [0, 0.1) is 83.1 Å². The Hall–Kier alpha value is -6.12. The third kappa shape index (κ3) is 7.06. The van der Waals surface area contributed by atoms with Crippen molar-refractivity contribution in [1.29, 1.82) is 0 Å². The molecule has 0 aliphatic heterocycles. The zero-order valence-electron chi connectivity index (χ0n) is 36.2. The van der Waals surface area contributed by atoms with Crippen molar-refractivity contribution in [3.8, 4) is 78.7 Å². The van der Waals surface area contributed by atoms with Gasteiger partial charge in [-0.3, -0.25) is 0 Å². The third-order valence-corrected chi connectivity index (χ3v) is 12.2. The Kier molecular flexibility index (Phi) is 10.0. The molecule has 0 bridgehead atoms. The molecule has 8 rings (SSSR count). The van der Waals surface area contributed by atoms with Crippen LogP contribution in [0.3, 0.4) is 0 Å². The quantitative estimate of drug-likeness (QED) is 0.162. The minimum Gasteiger partial charge on any atom is -0.456 e. The average molecular weight is 759 g/mol. The van der Waals surface area contributed by atoms with Crippen LogP contribution in [0.25, 0.3) is 78.7 Å². The standard InChI is InChI=1S/C56H54O2/c1-31-13-15-33(3)43(21-31)45-23-39(9)49(27-35(45)5)53-17-19-55(57-53)51-29-37(7)47(25-41(51)11)48-26-42(12)52(30-38(48)8)56-20-18-54(58-56)50-28-36(6)46(24-40(50)10)44-22-32(2)14-16-34(44)4/h13-30H,1-12H3. The van der Waals surface area contributed by atoms with E-state index in [2.05, 4.69) is 192 Å². The van der Waals surface area contributed by atoms with Crippen LogP contribution >= 0.6 is 0 Å². The van der Waals surface area contributed by atoms with Crippen molar-refractivity contribution < 1.29 is 8.83 Å². The Balaban J connectivity index is 1.06. The second-order valence-electron chi connectivity index (χ2n) is 16.9. The van der Waals surface area contributed by atoms with Crippen LogP contribution in [0.1, 0.15) is 66.8 Å². The highest BCUT2D eigenvalue weighted by atomic mass is 16.3. The molecule has 0 atom stereocenters. The van der Waals surface area contributed by atoms with Gasteiger partial charge in [0.25, 0.3) is 0 Å². The van der Waals surface area contributed by atoms with Crippen LogP contribution in [-0.2, 0) is 0 Å². The van der Waals surface area contributed by atoms with E-state index >= 15 is 0 Å². The third-order valence-electron chi connectivity index (χ3n) is 12.2. The lowest BCUT2D eigenvalue weighted by Crippen LogP contribution is -1.94. The molecular weight excluding hydrogens is 705 g/mol. The van der Waals surface area contributed by atoms with Gasteiger partial charge in [0.2, 0.25) is 0 Å². The molecule has 2 nitrogen and oxygen atoms in total. The van der Waals surface area contributed by atoms with Gasteiger partial charge in [-0.25, -0.2) is 0 Å². The predicted octanol–water partition coefficient (Wildman–Crippen LogP) is 16.2. The maximum atomic E-state index is 6.64. The molecule has 0 fully saturated rings. The van der Waals surface area contributed by atoms with Crippen molar-refractivity contribution in [2.75, 3.05) is 0 Å². The number of aryl methyl sites for hydroxylation is 12. The van der Waals surface area contributed by atoms with Gasteiger partial charge in [0, 0.05) is 22.3 Å². The molecule has 0 spiro atoms. The van der Waals surface area contributed by atoms with E-state index in [1.54, 1.807) is 0 Å². The van der Waals surface area contributed by atoms with Gasteiger partial charge in [0.05, 0.1) is 0 Å². The number of hydrogen-bond acceptors (Lipinski definition) is 2. The number of rotatable bonds is 7.